The van der Waals surface area contributed by atoms with Crippen LogP contribution >= 0.6 is 15.9 Å². The first kappa shape index (κ1) is 28.2. The molecule has 3 rings (SSSR count). The van der Waals surface area contributed by atoms with Gasteiger partial charge in [0.25, 0.3) is 0 Å². The van der Waals surface area contributed by atoms with Crippen molar-refractivity contribution in [2.75, 3.05) is 26.4 Å². The number of carbonyl (C=O) groups excluding carboxylic acids is 2. The Morgan fingerprint density at radius 3 is 1.97 bits per heavy atom. The topological polar surface area (TPSA) is 84.0 Å². The predicted octanol–water partition coefficient (Wildman–Crippen LogP) is 6.50. The van der Waals surface area contributed by atoms with E-state index in [0.29, 0.717) is 51.7 Å². The SMILES string of the molecule is CCOC(=O)c1c(C)nc(C)c(C(=O)OCC)c1-c1cc(Br)c(OCCc2ccccc2)c(OCC)c1. The first-order valence-corrected chi connectivity index (χ1v) is 13.1. The van der Waals surface area contributed by atoms with Crippen LogP contribution in [0.4, 0.5) is 0 Å². The molecule has 0 bridgehead atoms. The van der Waals surface area contributed by atoms with Crippen molar-refractivity contribution in [2.45, 2.75) is 41.0 Å². The highest BCUT2D eigenvalue weighted by atomic mass is 79.9. The van der Waals surface area contributed by atoms with Gasteiger partial charge in [-0.25, -0.2) is 9.59 Å². The summed E-state index contributed by atoms with van der Waals surface area (Å²) in [7, 11) is 0. The van der Waals surface area contributed by atoms with Crippen molar-refractivity contribution in [1.29, 1.82) is 0 Å². The highest BCUT2D eigenvalue weighted by Crippen LogP contribution is 2.42. The van der Waals surface area contributed by atoms with Gasteiger partial charge in [0.15, 0.2) is 11.5 Å². The molecule has 196 valence electrons. The van der Waals surface area contributed by atoms with Gasteiger partial charge in [0.05, 0.1) is 53.4 Å². The van der Waals surface area contributed by atoms with Crippen LogP contribution in [-0.4, -0.2) is 43.4 Å². The monoisotopic (exact) mass is 569 g/mol. The third-order valence-corrected chi connectivity index (χ3v) is 6.19. The van der Waals surface area contributed by atoms with Crippen LogP contribution in [0.1, 0.15) is 58.4 Å². The van der Waals surface area contributed by atoms with Gasteiger partial charge in [0.1, 0.15) is 0 Å². The van der Waals surface area contributed by atoms with E-state index in [1.54, 1.807) is 39.8 Å². The number of pyridine rings is 1. The number of rotatable bonds is 11. The molecule has 0 spiro atoms. The van der Waals surface area contributed by atoms with Gasteiger partial charge >= 0.3 is 11.9 Å². The summed E-state index contributed by atoms with van der Waals surface area (Å²) in [6.07, 6.45) is 0.726. The van der Waals surface area contributed by atoms with Crippen LogP contribution in [0.2, 0.25) is 0 Å². The number of carbonyl (C=O) groups is 2. The molecule has 37 heavy (non-hydrogen) atoms. The largest absolute Gasteiger partial charge is 0.490 e. The molecule has 0 radical (unpaired) electrons. The van der Waals surface area contributed by atoms with Crippen LogP contribution in [0.15, 0.2) is 46.9 Å². The molecular weight excluding hydrogens is 538 g/mol. The van der Waals surface area contributed by atoms with E-state index in [9.17, 15) is 9.59 Å². The lowest BCUT2D eigenvalue weighted by molar-refractivity contribution is 0.0525. The number of aromatic nitrogens is 1. The van der Waals surface area contributed by atoms with Crippen LogP contribution in [-0.2, 0) is 15.9 Å². The van der Waals surface area contributed by atoms with Crippen LogP contribution < -0.4 is 9.47 Å². The molecule has 0 saturated heterocycles. The Morgan fingerprint density at radius 2 is 1.43 bits per heavy atom. The maximum Gasteiger partial charge on any atom is 0.340 e. The maximum absolute atomic E-state index is 13.1. The number of aryl methyl sites for hydroxylation is 2. The van der Waals surface area contributed by atoms with Crippen LogP contribution in [0, 0.1) is 13.8 Å². The Hall–Kier alpha value is -3.39. The molecular formula is C29H32BrNO6. The van der Waals surface area contributed by atoms with Gasteiger partial charge in [-0.2, -0.15) is 0 Å². The second-order valence-electron chi connectivity index (χ2n) is 8.15. The molecule has 0 saturated carbocycles. The van der Waals surface area contributed by atoms with Crippen molar-refractivity contribution in [2.24, 2.45) is 0 Å². The molecule has 0 amide bonds. The van der Waals surface area contributed by atoms with Gasteiger partial charge in [0.2, 0.25) is 0 Å². The number of hydrogen-bond acceptors (Lipinski definition) is 7. The molecule has 0 aliphatic heterocycles. The van der Waals surface area contributed by atoms with Crippen molar-refractivity contribution in [1.82, 2.24) is 4.98 Å². The number of hydrogen-bond donors (Lipinski definition) is 0. The third-order valence-electron chi connectivity index (χ3n) is 5.60. The van der Waals surface area contributed by atoms with Gasteiger partial charge in [-0.15, -0.1) is 0 Å². The van der Waals surface area contributed by atoms with E-state index in [1.165, 1.54) is 0 Å². The number of nitrogens with zero attached hydrogens (tertiary/aromatic N) is 1. The number of ether oxygens (including phenoxy) is 4. The van der Waals surface area contributed by atoms with E-state index in [4.69, 9.17) is 18.9 Å². The van der Waals surface area contributed by atoms with Gasteiger partial charge in [-0.1, -0.05) is 30.3 Å². The fourth-order valence-corrected chi connectivity index (χ4v) is 4.63. The molecule has 0 aliphatic rings. The maximum atomic E-state index is 13.1. The predicted molar refractivity (Wildman–Crippen MR) is 146 cm³/mol. The summed E-state index contributed by atoms with van der Waals surface area (Å²) in [5, 5.41) is 0. The van der Waals surface area contributed by atoms with Crippen LogP contribution in [0.25, 0.3) is 11.1 Å². The molecule has 0 fully saturated rings. The van der Waals surface area contributed by atoms with E-state index in [0.717, 1.165) is 12.0 Å². The van der Waals surface area contributed by atoms with Crippen molar-refractivity contribution in [3.63, 3.8) is 0 Å². The first-order valence-electron chi connectivity index (χ1n) is 12.3. The Kier molecular flexibility index (Phi) is 10.1. The van der Waals surface area contributed by atoms with Crippen molar-refractivity contribution < 1.29 is 28.5 Å². The first-order chi connectivity index (χ1) is 17.8. The lowest BCUT2D eigenvalue weighted by atomic mass is 9.92. The average Bonchev–Trinajstić information content (AvgIpc) is 2.86. The lowest BCUT2D eigenvalue weighted by Gasteiger charge is -2.20. The standard InChI is InChI=1S/C29H32BrNO6/c1-6-34-23-17-21(16-22(30)27(23)37-15-14-20-12-10-9-11-13-20)26-24(28(32)35-7-2)18(4)31-19(5)25(26)29(33)36-8-3/h9-13,16-17H,6-8,14-15H2,1-5H3. The van der Waals surface area contributed by atoms with E-state index < -0.39 is 11.9 Å². The second kappa shape index (κ2) is 13.2. The van der Waals surface area contributed by atoms with E-state index in [2.05, 4.69) is 20.9 Å². The molecule has 0 aliphatic carbocycles. The van der Waals surface area contributed by atoms with E-state index in [-0.39, 0.29) is 24.3 Å². The third kappa shape index (κ3) is 6.68. The van der Waals surface area contributed by atoms with Crippen molar-refractivity contribution in [3.8, 4) is 22.6 Å². The summed E-state index contributed by atoms with van der Waals surface area (Å²) < 4.78 is 23.4. The molecule has 1 heterocycles. The molecule has 1 aromatic heterocycles. The molecule has 0 N–H and O–H groups in total. The molecule has 3 aromatic rings. The fourth-order valence-electron chi connectivity index (χ4n) is 4.08. The van der Waals surface area contributed by atoms with Crippen molar-refractivity contribution in [3.05, 3.63) is 75.0 Å². The normalized spacial score (nSPS) is 10.6. The molecule has 0 unspecified atom stereocenters. The number of benzene rings is 2. The smallest absolute Gasteiger partial charge is 0.340 e. The van der Waals surface area contributed by atoms with Gasteiger partial charge in [-0.3, -0.25) is 4.98 Å². The summed E-state index contributed by atoms with van der Waals surface area (Å²) in [4.78, 5) is 30.6. The molecule has 0 atom stereocenters. The summed E-state index contributed by atoms with van der Waals surface area (Å²) in [5.41, 5.74) is 3.46. The summed E-state index contributed by atoms with van der Waals surface area (Å²) in [6, 6.07) is 13.6. The Morgan fingerprint density at radius 1 is 0.838 bits per heavy atom. The minimum absolute atomic E-state index is 0.183. The van der Waals surface area contributed by atoms with Gasteiger partial charge in [-0.05, 0) is 73.8 Å². The van der Waals surface area contributed by atoms with Crippen LogP contribution in [0.3, 0.4) is 0 Å². The number of esters is 2. The van der Waals surface area contributed by atoms with Crippen LogP contribution in [0.5, 0.6) is 11.5 Å². The molecule has 8 heteroatoms. The van der Waals surface area contributed by atoms with Gasteiger partial charge in [0, 0.05) is 12.0 Å². The quantitative estimate of drug-likeness (QED) is 0.243. The summed E-state index contributed by atoms with van der Waals surface area (Å²) in [5.74, 6) is -0.105. The van der Waals surface area contributed by atoms with E-state index in [1.807, 2.05) is 37.3 Å². The Bertz CT molecular complexity index is 1220. The fraction of sp³-hybridized carbons (Fsp3) is 0.345. The van der Waals surface area contributed by atoms with Crippen molar-refractivity contribution >= 4 is 27.9 Å². The lowest BCUT2D eigenvalue weighted by Crippen LogP contribution is -2.17. The Balaban J connectivity index is 2.15. The molecule has 2 aromatic carbocycles. The second-order valence-corrected chi connectivity index (χ2v) is 9.01. The average molecular weight is 570 g/mol. The highest BCUT2D eigenvalue weighted by molar-refractivity contribution is 9.10. The zero-order valence-electron chi connectivity index (χ0n) is 21.9. The summed E-state index contributed by atoms with van der Waals surface area (Å²) >= 11 is 3.62. The van der Waals surface area contributed by atoms with E-state index >= 15 is 0 Å². The Labute approximate surface area is 226 Å². The zero-order chi connectivity index (χ0) is 26.9. The molecule has 7 nitrogen and oxygen atoms in total. The van der Waals surface area contributed by atoms with Gasteiger partial charge < -0.3 is 18.9 Å². The zero-order valence-corrected chi connectivity index (χ0v) is 23.4. The minimum atomic E-state index is -0.565. The number of halogens is 1. The summed E-state index contributed by atoms with van der Waals surface area (Å²) in [6.45, 7) is 9.98. The highest BCUT2D eigenvalue weighted by Gasteiger charge is 2.29. The minimum Gasteiger partial charge on any atom is -0.490 e.